The van der Waals surface area contributed by atoms with Crippen molar-refractivity contribution >= 4 is 11.9 Å². The second-order valence-electron chi connectivity index (χ2n) is 9.94. The van der Waals surface area contributed by atoms with Crippen LogP contribution in [0.25, 0.3) is 0 Å². The molecule has 1 aromatic rings. The van der Waals surface area contributed by atoms with Crippen molar-refractivity contribution in [3.63, 3.8) is 0 Å². The molecule has 32 heavy (non-hydrogen) atoms. The van der Waals surface area contributed by atoms with Crippen molar-refractivity contribution in [3.8, 4) is 0 Å². The largest absolute Gasteiger partial charge is 0.465 e. The van der Waals surface area contributed by atoms with Crippen LogP contribution in [0.1, 0.15) is 68.2 Å². The Labute approximate surface area is 192 Å². The average Bonchev–Trinajstić information content (AvgIpc) is 3.08. The van der Waals surface area contributed by atoms with Gasteiger partial charge in [-0.15, -0.1) is 0 Å². The molecule has 2 aliphatic rings. The van der Waals surface area contributed by atoms with Gasteiger partial charge in [0.25, 0.3) is 5.91 Å². The molecule has 3 heterocycles. The van der Waals surface area contributed by atoms with Gasteiger partial charge in [0.2, 0.25) is 0 Å². The van der Waals surface area contributed by atoms with Gasteiger partial charge in [0.15, 0.2) is 0 Å². The summed E-state index contributed by atoms with van der Waals surface area (Å²) in [4.78, 5) is 27.8. The molecule has 1 N–H and O–H groups in total. The van der Waals surface area contributed by atoms with Crippen LogP contribution in [0.15, 0.2) is 0 Å². The van der Waals surface area contributed by atoms with Gasteiger partial charge in [0.05, 0.1) is 18.2 Å². The molecule has 180 valence electrons. The maximum atomic E-state index is 12.9. The number of ether oxygens (including phenoxy) is 2. The molecule has 0 unspecified atom stereocenters. The summed E-state index contributed by atoms with van der Waals surface area (Å²) in [6, 6.07) is 0. The van der Waals surface area contributed by atoms with Gasteiger partial charge in [-0.25, -0.2) is 0 Å². The van der Waals surface area contributed by atoms with Crippen molar-refractivity contribution in [2.75, 3.05) is 46.5 Å². The highest BCUT2D eigenvalue weighted by Gasteiger charge is 2.30. The topological polar surface area (TPSA) is 85.7 Å². The third kappa shape index (κ3) is 6.54. The van der Waals surface area contributed by atoms with E-state index in [0.717, 1.165) is 56.5 Å². The molecule has 3 rings (SSSR count). The van der Waals surface area contributed by atoms with Crippen molar-refractivity contribution in [3.05, 3.63) is 17.0 Å². The lowest BCUT2D eigenvalue weighted by Crippen LogP contribution is -2.35. The van der Waals surface area contributed by atoms with Crippen LogP contribution in [0.5, 0.6) is 0 Å². The molecule has 2 aliphatic heterocycles. The van der Waals surface area contributed by atoms with Crippen LogP contribution in [-0.2, 0) is 33.7 Å². The van der Waals surface area contributed by atoms with E-state index < -0.39 is 0 Å². The zero-order chi connectivity index (χ0) is 23.1. The van der Waals surface area contributed by atoms with Crippen LogP contribution >= 0.6 is 0 Å². The van der Waals surface area contributed by atoms with Crippen molar-refractivity contribution in [1.29, 1.82) is 0 Å². The Balaban J connectivity index is 1.70. The number of nitrogens with zero attached hydrogens (tertiary/aromatic N) is 3. The molecule has 0 aliphatic carbocycles. The number of hydrogen-bond acceptors (Lipinski definition) is 6. The quantitative estimate of drug-likeness (QED) is 0.673. The SMILES string of the molecule is CCn1nc(CC(C)(C)COC(=O)C2CCN(C)CC2)c2c1C(=O)NCCCOCCC2. The molecule has 1 saturated heterocycles. The molecular weight excluding hydrogens is 408 g/mol. The van der Waals surface area contributed by atoms with E-state index in [1.165, 1.54) is 0 Å². The molecule has 8 heteroatoms. The number of rotatable bonds is 6. The lowest BCUT2D eigenvalue weighted by molar-refractivity contribution is -0.153. The second-order valence-corrected chi connectivity index (χ2v) is 9.94. The molecule has 0 saturated carbocycles. The summed E-state index contributed by atoms with van der Waals surface area (Å²) in [5, 5.41) is 7.82. The Morgan fingerprint density at radius 2 is 1.97 bits per heavy atom. The highest BCUT2D eigenvalue weighted by atomic mass is 16.5. The van der Waals surface area contributed by atoms with Crippen LogP contribution in [-0.4, -0.2) is 73.1 Å². The Bertz CT molecular complexity index is 781. The number of nitrogens with one attached hydrogen (secondary N) is 1. The number of esters is 1. The fourth-order valence-corrected chi connectivity index (χ4v) is 4.48. The highest BCUT2D eigenvalue weighted by molar-refractivity contribution is 5.94. The minimum Gasteiger partial charge on any atom is -0.465 e. The van der Waals surface area contributed by atoms with Gasteiger partial charge < -0.3 is 19.7 Å². The van der Waals surface area contributed by atoms with Crippen molar-refractivity contribution < 1.29 is 19.1 Å². The van der Waals surface area contributed by atoms with Crippen molar-refractivity contribution in [1.82, 2.24) is 20.0 Å². The number of amides is 1. The summed E-state index contributed by atoms with van der Waals surface area (Å²) in [6.07, 6.45) is 4.79. The summed E-state index contributed by atoms with van der Waals surface area (Å²) in [7, 11) is 2.09. The number of carbonyl (C=O) groups is 2. The summed E-state index contributed by atoms with van der Waals surface area (Å²) in [6.45, 7) is 11.0. The Morgan fingerprint density at radius 1 is 1.25 bits per heavy atom. The Hall–Kier alpha value is -1.93. The number of likely N-dealkylation sites (tertiary alicyclic amines) is 1. The van der Waals surface area contributed by atoms with Gasteiger partial charge in [0, 0.05) is 43.7 Å². The van der Waals surface area contributed by atoms with Gasteiger partial charge in [0.1, 0.15) is 5.69 Å². The first-order valence-electron chi connectivity index (χ1n) is 12.1. The number of hydrogen-bond donors (Lipinski definition) is 1. The third-order valence-electron chi connectivity index (χ3n) is 6.42. The smallest absolute Gasteiger partial charge is 0.309 e. The lowest BCUT2D eigenvalue weighted by atomic mass is 9.86. The van der Waals surface area contributed by atoms with Crippen molar-refractivity contribution in [2.45, 2.75) is 65.8 Å². The van der Waals surface area contributed by atoms with Crippen molar-refractivity contribution in [2.24, 2.45) is 11.3 Å². The van der Waals surface area contributed by atoms with Crippen LogP contribution in [0, 0.1) is 11.3 Å². The lowest BCUT2D eigenvalue weighted by Gasteiger charge is -2.29. The Kier molecular flexibility index (Phi) is 8.71. The van der Waals surface area contributed by atoms with E-state index in [9.17, 15) is 9.59 Å². The minimum atomic E-state index is -0.277. The molecule has 0 atom stereocenters. The number of aromatic nitrogens is 2. The highest BCUT2D eigenvalue weighted by Crippen LogP contribution is 2.28. The maximum Gasteiger partial charge on any atom is 0.309 e. The molecule has 0 spiro atoms. The Morgan fingerprint density at radius 3 is 2.69 bits per heavy atom. The number of fused-ring (bicyclic) bond motifs is 1. The van der Waals surface area contributed by atoms with E-state index in [0.29, 0.717) is 45.0 Å². The van der Waals surface area contributed by atoms with E-state index >= 15 is 0 Å². The zero-order valence-corrected chi connectivity index (χ0v) is 20.2. The standard InChI is InChI=1S/C24H40N4O4/c1-5-28-21-19(8-6-14-31-15-7-11-25-22(21)29)20(26-28)16-24(2,3)17-32-23(30)18-9-12-27(4)13-10-18/h18H,5-17H2,1-4H3,(H,25,29). The number of aryl methyl sites for hydroxylation is 1. The summed E-state index contributed by atoms with van der Waals surface area (Å²) >= 11 is 0. The molecule has 1 fully saturated rings. The minimum absolute atomic E-state index is 0.00152. The number of carbonyl (C=O) groups excluding carboxylic acids is 2. The summed E-state index contributed by atoms with van der Waals surface area (Å²) < 4.78 is 13.3. The first-order chi connectivity index (χ1) is 15.3. The first kappa shape index (κ1) is 24.7. The van der Waals surface area contributed by atoms with Crippen LogP contribution < -0.4 is 5.32 Å². The molecule has 1 amide bonds. The fraction of sp³-hybridized carbons (Fsp3) is 0.792. The van der Waals surface area contributed by atoms with E-state index in [1.807, 2.05) is 11.6 Å². The molecule has 0 bridgehead atoms. The first-order valence-corrected chi connectivity index (χ1v) is 12.1. The van der Waals surface area contributed by atoms with E-state index in [-0.39, 0.29) is 23.2 Å². The average molecular weight is 449 g/mol. The van der Waals surface area contributed by atoms with Gasteiger partial charge >= 0.3 is 5.97 Å². The fourth-order valence-electron chi connectivity index (χ4n) is 4.48. The molecule has 1 aromatic heterocycles. The van der Waals surface area contributed by atoms with E-state index in [2.05, 4.69) is 31.1 Å². The van der Waals surface area contributed by atoms with Crippen LogP contribution in [0.4, 0.5) is 0 Å². The predicted molar refractivity (Wildman–Crippen MR) is 123 cm³/mol. The molecular formula is C24H40N4O4. The van der Waals surface area contributed by atoms with Crippen LogP contribution in [0.2, 0.25) is 0 Å². The zero-order valence-electron chi connectivity index (χ0n) is 20.2. The van der Waals surface area contributed by atoms with Gasteiger partial charge in [-0.2, -0.15) is 5.10 Å². The molecule has 0 radical (unpaired) electrons. The number of piperidine rings is 1. The maximum absolute atomic E-state index is 12.9. The van der Waals surface area contributed by atoms with Gasteiger partial charge in [-0.1, -0.05) is 13.8 Å². The van der Waals surface area contributed by atoms with Gasteiger partial charge in [-0.05, 0) is 59.2 Å². The predicted octanol–water partition coefficient (Wildman–Crippen LogP) is 2.44. The molecule has 0 aromatic carbocycles. The summed E-state index contributed by atoms with van der Waals surface area (Å²) in [5.41, 5.74) is 2.32. The summed E-state index contributed by atoms with van der Waals surface area (Å²) in [5.74, 6) is -0.142. The normalized spacial score (nSPS) is 19.7. The monoisotopic (exact) mass is 448 g/mol. The molecule has 8 nitrogen and oxygen atoms in total. The second kappa shape index (κ2) is 11.3. The van der Waals surface area contributed by atoms with Crippen LogP contribution in [0.3, 0.4) is 0 Å². The van der Waals surface area contributed by atoms with E-state index in [4.69, 9.17) is 14.6 Å². The third-order valence-corrected chi connectivity index (χ3v) is 6.42. The van der Waals surface area contributed by atoms with Gasteiger partial charge in [-0.3, -0.25) is 14.3 Å². The van der Waals surface area contributed by atoms with E-state index in [1.54, 1.807) is 0 Å².